The Balaban J connectivity index is 2.18. The van der Waals surface area contributed by atoms with Gasteiger partial charge in [-0.15, -0.1) is 0 Å². The molecular weight excluding hydrogens is 257 g/mol. The smallest absolute Gasteiger partial charge is 0.264 e. The Kier molecular flexibility index (Phi) is 4.49. The monoisotopic (exact) mass is 273 g/mol. The predicted molar refractivity (Wildman–Crippen MR) is 74.1 cm³/mol. The second-order valence-electron chi connectivity index (χ2n) is 4.79. The standard InChI is InChI=1S/C15H16FN3O/c1-18-6-8-19(9-7-18)15(20)13(11-17)10-12-4-2-3-5-14(12)16/h2-5,10H,6-9H2,1H3/b13-10+. The van der Waals surface area contributed by atoms with Gasteiger partial charge in [0.25, 0.3) is 5.91 Å². The molecule has 1 fully saturated rings. The van der Waals surface area contributed by atoms with Gasteiger partial charge in [-0.1, -0.05) is 18.2 Å². The number of halogens is 1. The molecule has 0 bridgehead atoms. The largest absolute Gasteiger partial charge is 0.335 e. The van der Waals surface area contributed by atoms with E-state index in [0.29, 0.717) is 13.1 Å². The summed E-state index contributed by atoms with van der Waals surface area (Å²) in [5.41, 5.74) is 0.228. The molecule has 0 N–H and O–H groups in total. The number of hydrogen-bond acceptors (Lipinski definition) is 3. The van der Waals surface area contributed by atoms with Crippen molar-refractivity contribution in [3.63, 3.8) is 0 Å². The normalized spacial score (nSPS) is 16.9. The van der Waals surface area contributed by atoms with Crippen molar-refractivity contribution in [3.8, 4) is 6.07 Å². The zero-order valence-corrected chi connectivity index (χ0v) is 11.3. The molecular formula is C15H16FN3O. The first-order chi connectivity index (χ1) is 9.61. The third kappa shape index (κ3) is 3.22. The molecule has 1 saturated heterocycles. The highest BCUT2D eigenvalue weighted by Gasteiger charge is 2.22. The second kappa shape index (κ2) is 6.31. The lowest BCUT2D eigenvalue weighted by molar-refractivity contribution is -0.128. The van der Waals surface area contributed by atoms with E-state index in [-0.39, 0.29) is 17.0 Å². The maximum atomic E-state index is 13.6. The molecule has 0 aromatic heterocycles. The molecule has 4 nitrogen and oxygen atoms in total. The Morgan fingerprint density at radius 2 is 1.95 bits per heavy atom. The van der Waals surface area contributed by atoms with Crippen LogP contribution in [0.1, 0.15) is 5.56 Å². The summed E-state index contributed by atoms with van der Waals surface area (Å²) in [5.74, 6) is -0.768. The van der Waals surface area contributed by atoms with Gasteiger partial charge in [-0.3, -0.25) is 4.79 Å². The summed E-state index contributed by atoms with van der Waals surface area (Å²) < 4.78 is 13.6. The summed E-state index contributed by atoms with van der Waals surface area (Å²) in [6, 6.07) is 7.97. The average molecular weight is 273 g/mol. The molecule has 1 amide bonds. The van der Waals surface area contributed by atoms with Gasteiger partial charge in [0, 0.05) is 31.7 Å². The van der Waals surface area contributed by atoms with Gasteiger partial charge in [0.15, 0.2) is 0 Å². The lowest BCUT2D eigenvalue weighted by Crippen LogP contribution is -2.47. The van der Waals surface area contributed by atoms with Crippen LogP contribution in [-0.4, -0.2) is 48.9 Å². The number of hydrogen-bond donors (Lipinski definition) is 0. The fraction of sp³-hybridized carbons (Fsp3) is 0.333. The number of nitriles is 1. The Bertz CT molecular complexity index is 569. The lowest BCUT2D eigenvalue weighted by Gasteiger charge is -2.32. The minimum atomic E-state index is -0.438. The molecule has 104 valence electrons. The fourth-order valence-corrected chi connectivity index (χ4v) is 2.07. The number of likely N-dealkylation sites (N-methyl/N-ethyl adjacent to an activating group) is 1. The molecule has 1 heterocycles. The maximum absolute atomic E-state index is 13.6. The van der Waals surface area contributed by atoms with Crippen LogP contribution in [0.25, 0.3) is 6.08 Å². The molecule has 20 heavy (non-hydrogen) atoms. The van der Waals surface area contributed by atoms with Crippen molar-refractivity contribution in [3.05, 3.63) is 41.2 Å². The van der Waals surface area contributed by atoms with Crippen molar-refractivity contribution in [2.24, 2.45) is 0 Å². The summed E-state index contributed by atoms with van der Waals surface area (Å²) >= 11 is 0. The average Bonchev–Trinajstić information content (AvgIpc) is 2.46. The summed E-state index contributed by atoms with van der Waals surface area (Å²) in [4.78, 5) is 16.0. The Morgan fingerprint density at radius 1 is 1.30 bits per heavy atom. The molecule has 0 saturated carbocycles. The van der Waals surface area contributed by atoms with E-state index >= 15 is 0 Å². The Hall–Kier alpha value is -2.19. The first-order valence-electron chi connectivity index (χ1n) is 6.46. The van der Waals surface area contributed by atoms with Gasteiger partial charge in [-0.2, -0.15) is 5.26 Å². The number of amides is 1. The number of carbonyl (C=O) groups is 1. The van der Waals surface area contributed by atoms with Crippen LogP contribution in [0.5, 0.6) is 0 Å². The summed E-state index contributed by atoms with van der Waals surface area (Å²) in [5, 5.41) is 9.13. The van der Waals surface area contributed by atoms with Gasteiger partial charge in [0.1, 0.15) is 17.5 Å². The number of nitrogens with zero attached hydrogens (tertiary/aromatic N) is 3. The zero-order valence-electron chi connectivity index (χ0n) is 11.3. The van der Waals surface area contributed by atoms with Gasteiger partial charge >= 0.3 is 0 Å². The molecule has 0 radical (unpaired) electrons. The van der Waals surface area contributed by atoms with Crippen LogP contribution in [0, 0.1) is 17.1 Å². The summed E-state index contributed by atoms with van der Waals surface area (Å²) in [6.45, 7) is 2.74. The van der Waals surface area contributed by atoms with Gasteiger partial charge in [0.05, 0.1) is 0 Å². The van der Waals surface area contributed by atoms with Crippen LogP contribution in [0.4, 0.5) is 4.39 Å². The first-order valence-corrected chi connectivity index (χ1v) is 6.46. The van der Waals surface area contributed by atoms with E-state index in [9.17, 15) is 9.18 Å². The van der Waals surface area contributed by atoms with Crippen LogP contribution in [0.2, 0.25) is 0 Å². The quantitative estimate of drug-likeness (QED) is 0.606. The third-order valence-electron chi connectivity index (χ3n) is 3.35. The molecule has 0 spiro atoms. The van der Waals surface area contributed by atoms with E-state index in [1.165, 1.54) is 12.1 Å². The number of benzene rings is 1. The Morgan fingerprint density at radius 3 is 2.55 bits per heavy atom. The molecule has 1 aliphatic heterocycles. The van der Waals surface area contributed by atoms with Crippen LogP contribution in [-0.2, 0) is 4.79 Å². The van der Waals surface area contributed by atoms with Crippen LogP contribution >= 0.6 is 0 Å². The van der Waals surface area contributed by atoms with Crippen LogP contribution < -0.4 is 0 Å². The van der Waals surface area contributed by atoms with E-state index in [4.69, 9.17) is 5.26 Å². The molecule has 1 aliphatic rings. The second-order valence-corrected chi connectivity index (χ2v) is 4.79. The molecule has 0 atom stereocenters. The molecule has 5 heteroatoms. The van der Waals surface area contributed by atoms with Crippen molar-refractivity contribution in [2.45, 2.75) is 0 Å². The van der Waals surface area contributed by atoms with E-state index in [0.717, 1.165) is 13.1 Å². The molecule has 2 rings (SSSR count). The van der Waals surface area contributed by atoms with Gasteiger partial charge in [-0.05, 0) is 19.2 Å². The predicted octanol–water partition coefficient (Wildman–Crippen LogP) is 1.51. The van der Waals surface area contributed by atoms with E-state index < -0.39 is 5.82 Å². The number of piperazine rings is 1. The SMILES string of the molecule is CN1CCN(C(=O)/C(C#N)=C/c2ccccc2F)CC1. The highest BCUT2D eigenvalue weighted by atomic mass is 19.1. The zero-order chi connectivity index (χ0) is 14.5. The highest BCUT2D eigenvalue weighted by Crippen LogP contribution is 2.13. The minimum absolute atomic E-state index is 0.0281. The molecule has 1 aromatic rings. The topological polar surface area (TPSA) is 47.3 Å². The van der Waals surface area contributed by atoms with Crippen molar-refractivity contribution < 1.29 is 9.18 Å². The third-order valence-corrected chi connectivity index (χ3v) is 3.35. The maximum Gasteiger partial charge on any atom is 0.264 e. The van der Waals surface area contributed by atoms with Gasteiger partial charge < -0.3 is 9.80 Å². The summed E-state index contributed by atoms with van der Waals surface area (Å²) in [6.07, 6.45) is 1.32. The fourth-order valence-electron chi connectivity index (χ4n) is 2.07. The number of rotatable bonds is 2. The molecule has 1 aromatic carbocycles. The Labute approximate surface area is 117 Å². The van der Waals surface area contributed by atoms with Gasteiger partial charge in [0.2, 0.25) is 0 Å². The lowest BCUT2D eigenvalue weighted by atomic mass is 10.1. The van der Waals surface area contributed by atoms with E-state index in [1.54, 1.807) is 23.1 Å². The van der Waals surface area contributed by atoms with Crippen LogP contribution in [0.3, 0.4) is 0 Å². The van der Waals surface area contributed by atoms with Crippen molar-refractivity contribution >= 4 is 12.0 Å². The van der Waals surface area contributed by atoms with Crippen molar-refractivity contribution in [1.82, 2.24) is 9.80 Å². The van der Waals surface area contributed by atoms with E-state index in [1.807, 2.05) is 13.1 Å². The summed E-state index contributed by atoms with van der Waals surface area (Å²) in [7, 11) is 1.99. The van der Waals surface area contributed by atoms with Crippen LogP contribution in [0.15, 0.2) is 29.8 Å². The minimum Gasteiger partial charge on any atom is -0.335 e. The van der Waals surface area contributed by atoms with Crippen molar-refractivity contribution in [1.29, 1.82) is 5.26 Å². The van der Waals surface area contributed by atoms with E-state index in [2.05, 4.69) is 4.90 Å². The molecule has 0 aliphatic carbocycles. The highest BCUT2D eigenvalue weighted by molar-refractivity contribution is 6.01. The van der Waals surface area contributed by atoms with Crippen molar-refractivity contribution in [2.75, 3.05) is 33.2 Å². The molecule has 0 unspecified atom stereocenters. The number of carbonyl (C=O) groups excluding carboxylic acids is 1. The first kappa shape index (κ1) is 14.2. The van der Waals surface area contributed by atoms with Gasteiger partial charge in [-0.25, -0.2) is 4.39 Å².